The van der Waals surface area contributed by atoms with Gasteiger partial charge in [-0.1, -0.05) is 11.6 Å². The van der Waals surface area contributed by atoms with Crippen LogP contribution < -0.4 is 10.1 Å². The number of aromatic nitrogens is 1. The van der Waals surface area contributed by atoms with Crippen LogP contribution in [0.5, 0.6) is 5.75 Å². The Hall–Kier alpha value is -2.12. The molecule has 0 saturated carbocycles. The number of carbonyl (C=O) groups is 2. The third kappa shape index (κ3) is 5.44. The highest BCUT2D eigenvalue weighted by Crippen LogP contribution is 2.24. The monoisotopic (exact) mass is 396 g/mol. The first-order chi connectivity index (χ1) is 12.3. The lowest BCUT2D eigenvalue weighted by Gasteiger charge is -2.11. The molecule has 0 aliphatic heterocycles. The number of carboxylic acid groups (broad SMARTS) is 1. The summed E-state index contributed by atoms with van der Waals surface area (Å²) in [5, 5.41) is 13.2. The minimum absolute atomic E-state index is 0.127. The fraction of sp³-hybridized carbons (Fsp3) is 0.389. The minimum atomic E-state index is -1.00. The number of aryl methyl sites for hydroxylation is 2. The van der Waals surface area contributed by atoms with Gasteiger partial charge in [0.25, 0.3) is 0 Å². The summed E-state index contributed by atoms with van der Waals surface area (Å²) < 4.78 is 5.61. The van der Waals surface area contributed by atoms with Crippen LogP contribution in [0.4, 0.5) is 0 Å². The Morgan fingerprint density at radius 1 is 1.38 bits per heavy atom. The molecule has 0 aliphatic carbocycles. The summed E-state index contributed by atoms with van der Waals surface area (Å²) in [7, 11) is 0. The molecule has 1 unspecified atom stereocenters. The van der Waals surface area contributed by atoms with Crippen molar-refractivity contribution in [2.45, 2.75) is 39.7 Å². The quantitative estimate of drug-likeness (QED) is 0.654. The number of carboxylic acids is 1. The zero-order valence-corrected chi connectivity index (χ0v) is 16.4. The molecule has 0 spiro atoms. The maximum Gasteiger partial charge on any atom is 0.347 e. The van der Waals surface area contributed by atoms with Gasteiger partial charge in [0.1, 0.15) is 15.6 Å². The van der Waals surface area contributed by atoms with Crippen LogP contribution in [0, 0.1) is 13.8 Å². The Morgan fingerprint density at radius 3 is 2.73 bits per heavy atom. The average molecular weight is 397 g/mol. The van der Waals surface area contributed by atoms with E-state index in [1.165, 1.54) is 0 Å². The second-order valence-corrected chi connectivity index (χ2v) is 7.36. The number of ether oxygens (including phenoxy) is 1. The predicted octanol–water partition coefficient (Wildman–Crippen LogP) is 4.15. The van der Waals surface area contributed by atoms with Crippen LogP contribution in [0.25, 0.3) is 0 Å². The molecule has 1 aromatic heterocycles. The zero-order chi connectivity index (χ0) is 19.3. The number of thiazole rings is 1. The molecule has 1 amide bonds. The second kappa shape index (κ2) is 9.00. The van der Waals surface area contributed by atoms with Crippen LogP contribution in [0.1, 0.15) is 51.7 Å². The molecular weight excluding hydrogens is 376 g/mol. The summed E-state index contributed by atoms with van der Waals surface area (Å²) in [5.41, 5.74) is 1.40. The molecule has 1 aromatic carbocycles. The van der Waals surface area contributed by atoms with Crippen molar-refractivity contribution in [3.8, 4) is 5.75 Å². The van der Waals surface area contributed by atoms with E-state index in [4.69, 9.17) is 21.4 Å². The summed E-state index contributed by atoms with van der Waals surface area (Å²) in [6.45, 7) is 5.76. The molecule has 0 aliphatic rings. The zero-order valence-electron chi connectivity index (χ0n) is 14.8. The van der Waals surface area contributed by atoms with Gasteiger partial charge < -0.3 is 15.2 Å². The van der Waals surface area contributed by atoms with Gasteiger partial charge in [-0.25, -0.2) is 9.78 Å². The van der Waals surface area contributed by atoms with Crippen molar-refractivity contribution in [2.24, 2.45) is 0 Å². The van der Waals surface area contributed by atoms with Crippen molar-refractivity contribution < 1.29 is 19.4 Å². The first-order valence-corrected chi connectivity index (χ1v) is 9.36. The largest absolute Gasteiger partial charge is 0.494 e. The first kappa shape index (κ1) is 20.2. The summed E-state index contributed by atoms with van der Waals surface area (Å²) in [6.07, 6.45) is 0.880. The smallest absolute Gasteiger partial charge is 0.347 e. The molecule has 2 aromatic rings. The molecule has 1 heterocycles. The van der Waals surface area contributed by atoms with E-state index in [0.717, 1.165) is 22.6 Å². The Bertz CT molecular complexity index is 806. The fourth-order valence-electron chi connectivity index (χ4n) is 2.31. The Morgan fingerprint density at radius 2 is 2.12 bits per heavy atom. The summed E-state index contributed by atoms with van der Waals surface area (Å²) in [6, 6.07) is 5.10. The molecule has 6 nitrogen and oxygen atoms in total. The number of aromatic carboxylic acids is 1. The number of carbonyl (C=O) groups excluding carboxylic acids is 1. The van der Waals surface area contributed by atoms with E-state index < -0.39 is 5.97 Å². The number of hydrogen-bond acceptors (Lipinski definition) is 5. The summed E-state index contributed by atoms with van der Waals surface area (Å²) in [5.74, 6) is -0.405. The lowest BCUT2D eigenvalue weighted by molar-refractivity contribution is -0.121. The molecule has 0 bridgehead atoms. The highest BCUT2D eigenvalue weighted by atomic mass is 35.5. The highest BCUT2D eigenvalue weighted by Gasteiger charge is 2.19. The SMILES string of the molecule is Cc1cc(OCCCC(=O)NC(C)c2nc(C)c(C(=O)O)s2)ccc1Cl. The number of benzene rings is 1. The van der Waals surface area contributed by atoms with E-state index in [2.05, 4.69) is 10.3 Å². The van der Waals surface area contributed by atoms with Gasteiger partial charge in [0.15, 0.2) is 0 Å². The number of hydrogen-bond donors (Lipinski definition) is 2. The van der Waals surface area contributed by atoms with E-state index in [-0.39, 0.29) is 16.8 Å². The van der Waals surface area contributed by atoms with Crippen molar-refractivity contribution in [1.82, 2.24) is 10.3 Å². The fourth-order valence-corrected chi connectivity index (χ4v) is 3.33. The average Bonchev–Trinajstić information content (AvgIpc) is 2.97. The van der Waals surface area contributed by atoms with Crippen LogP contribution in [0.3, 0.4) is 0 Å². The standard InChI is InChI=1S/C18H21ClN2O4S/c1-10-9-13(6-7-14(10)19)25-8-4-5-15(22)20-12(3)17-21-11(2)16(26-17)18(23)24/h6-7,9,12H,4-5,8H2,1-3H3,(H,20,22)(H,23,24). The number of amides is 1. The van der Waals surface area contributed by atoms with Crippen LogP contribution in [0.2, 0.25) is 5.02 Å². The van der Waals surface area contributed by atoms with E-state index in [1.807, 2.05) is 13.0 Å². The Kier molecular flexibility index (Phi) is 6.99. The van der Waals surface area contributed by atoms with Gasteiger partial charge in [-0.15, -0.1) is 11.3 Å². The van der Waals surface area contributed by atoms with Gasteiger partial charge in [0.05, 0.1) is 18.3 Å². The van der Waals surface area contributed by atoms with Gasteiger partial charge in [0.2, 0.25) is 5.91 Å². The van der Waals surface area contributed by atoms with E-state index in [9.17, 15) is 9.59 Å². The van der Waals surface area contributed by atoms with Gasteiger partial charge in [-0.2, -0.15) is 0 Å². The molecule has 26 heavy (non-hydrogen) atoms. The third-order valence-corrected chi connectivity index (χ3v) is 5.45. The Balaban J connectivity index is 1.76. The Labute approximate surface area is 161 Å². The van der Waals surface area contributed by atoms with Crippen LogP contribution >= 0.6 is 22.9 Å². The maximum atomic E-state index is 12.0. The van der Waals surface area contributed by atoms with Gasteiger partial charge >= 0.3 is 5.97 Å². The second-order valence-electron chi connectivity index (χ2n) is 5.92. The van der Waals surface area contributed by atoms with Crippen molar-refractivity contribution in [2.75, 3.05) is 6.61 Å². The maximum absolute atomic E-state index is 12.0. The molecular formula is C18H21ClN2O4S. The lowest BCUT2D eigenvalue weighted by atomic mass is 10.2. The molecule has 0 saturated heterocycles. The van der Waals surface area contributed by atoms with Gasteiger partial charge in [-0.05, 0) is 51.0 Å². The number of nitrogens with one attached hydrogen (secondary N) is 1. The predicted molar refractivity (Wildman–Crippen MR) is 101 cm³/mol. The van der Waals surface area contributed by atoms with Crippen molar-refractivity contribution in [1.29, 1.82) is 0 Å². The van der Waals surface area contributed by atoms with Crippen molar-refractivity contribution in [3.63, 3.8) is 0 Å². The summed E-state index contributed by atoms with van der Waals surface area (Å²) in [4.78, 5) is 27.5. The first-order valence-electron chi connectivity index (χ1n) is 8.17. The molecule has 1 atom stereocenters. The lowest BCUT2D eigenvalue weighted by Crippen LogP contribution is -2.26. The molecule has 0 fully saturated rings. The number of nitrogens with zero attached hydrogens (tertiary/aromatic N) is 1. The molecule has 8 heteroatoms. The van der Waals surface area contributed by atoms with E-state index in [1.54, 1.807) is 26.0 Å². The van der Waals surface area contributed by atoms with Crippen LogP contribution in [-0.4, -0.2) is 28.6 Å². The molecule has 0 radical (unpaired) electrons. The van der Waals surface area contributed by atoms with E-state index in [0.29, 0.717) is 35.2 Å². The minimum Gasteiger partial charge on any atom is -0.494 e. The number of rotatable bonds is 8. The van der Waals surface area contributed by atoms with Crippen molar-refractivity contribution in [3.05, 3.63) is 44.4 Å². The van der Waals surface area contributed by atoms with E-state index >= 15 is 0 Å². The molecule has 140 valence electrons. The third-order valence-electron chi connectivity index (χ3n) is 3.70. The normalized spacial score (nSPS) is 11.8. The van der Waals surface area contributed by atoms with Crippen LogP contribution in [0.15, 0.2) is 18.2 Å². The van der Waals surface area contributed by atoms with Crippen LogP contribution in [-0.2, 0) is 4.79 Å². The molecule has 2 rings (SSSR count). The summed E-state index contributed by atoms with van der Waals surface area (Å²) >= 11 is 7.05. The topological polar surface area (TPSA) is 88.5 Å². The highest BCUT2D eigenvalue weighted by molar-refractivity contribution is 7.13. The molecule has 2 N–H and O–H groups in total. The number of halogens is 1. The van der Waals surface area contributed by atoms with Gasteiger partial charge in [0, 0.05) is 11.4 Å². The van der Waals surface area contributed by atoms with Gasteiger partial charge in [-0.3, -0.25) is 4.79 Å². The van der Waals surface area contributed by atoms with Crippen molar-refractivity contribution >= 4 is 34.8 Å².